The fourth-order valence-corrected chi connectivity index (χ4v) is 6.27. The zero-order valence-corrected chi connectivity index (χ0v) is 15.3. The molecule has 0 aromatic heterocycles. The van der Waals surface area contributed by atoms with Crippen molar-refractivity contribution in [3.8, 4) is 0 Å². The fourth-order valence-electron chi connectivity index (χ4n) is 5.58. The van der Waals surface area contributed by atoms with Gasteiger partial charge in [0.25, 0.3) is 0 Å². The van der Waals surface area contributed by atoms with Crippen molar-refractivity contribution in [3.05, 3.63) is 29.6 Å². The molecule has 0 spiro atoms. The highest BCUT2D eigenvalue weighted by molar-refractivity contribution is 6.24. The van der Waals surface area contributed by atoms with Crippen LogP contribution in [0.5, 0.6) is 0 Å². The molecule has 0 heterocycles. The summed E-state index contributed by atoms with van der Waals surface area (Å²) in [5.74, 6) is -4.49. The normalized spacial score (nSPS) is 33.8. The number of anilines is 1. The minimum atomic E-state index is -1.65. The highest BCUT2D eigenvalue weighted by Crippen LogP contribution is 2.63. The molecule has 1 aromatic rings. The number of halogens is 4. The molecule has 0 saturated heterocycles. The summed E-state index contributed by atoms with van der Waals surface area (Å²) < 4.78 is 39.8. The molecule has 27 heavy (non-hydrogen) atoms. The standard InChI is InChI=1S/C19H20ClF3N2O2/c20-19-6-10-3-11(7-19)5-18(4-10,9-19)17(27)24-8-14(26)25-13-2-1-12(21)15(22)16(13)23/h1-2,10-11H,3-9H2,(H,24,27)(H,25,26)/t10-,11+,18?,19?. The number of hydrogen-bond donors (Lipinski definition) is 2. The molecule has 4 aliphatic carbocycles. The molecule has 0 radical (unpaired) electrons. The predicted molar refractivity (Wildman–Crippen MR) is 93.7 cm³/mol. The van der Waals surface area contributed by atoms with Gasteiger partial charge in [0.2, 0.25) is 11.8 Å². The summed E-state index contributed by atoms with van der Waals surface area (Å²) in [7, 11) is 0. The maximum Gasteiger partial charge on any atom is 0.243 e. The Bertz CT molecular complexity index is 802. The molecular formula is C19H20ClF3N2O2. The third kappa shape index (κ3) is 3.30. The molecule has 8 heteroatoms. The molecule has 4 bridgehead atoms. The lowest BCUT2D eigenvalue weighted by molar-refractivity contribution is -0.145. The molecule has 146 valence electrons. The van der Waals surface area contributed by atoms with E-state index >= 15 is 0 Å². The molecular weight excluding hydrogens is 381 g/mol. The summed E-state index contributed by atoms with van der Waals surface area (Å²) >= 11 is 6.71. The minimum Gasteiger partial charge on any atom is -0.347 e. The number of nitrogens with one attached hydrogen (secondary N) is 2. The van der Waals surface area contributed by atoms with Crippen LogP contribution in [0.1, 0.15) is 38.5 Å². The third-order valence-electron chi connectivity index (χ3n) is 6.19. The molecule has 4 aliphatic rings. The van der Waals surface area contributed by atoms with E-state index in [0.717, 1.165) is 44.2 Å². The molecule has 1 aromatic carbocycles. The lowest BCUT2D eigenvalue weighted by Crippen LogP contribution is -2.58. The quantitative estimate of drug-likeness (QED) is 0.597. The Balaban J connectivity index is 1.38. The SMILES string of the molecule is O=C(CNC(=O)C12C[C@@H]3C[C@@H](CC(Cl)(C3)C1)C2)Nc1ccc(F)c(F)c1F. The molecule has 4 nitrogen and oxygen atoms in total. The monoisotopic (exact) mass is 400 g/mol. The summed E-state index contributed by atoms with van der Waals surface area (Å²) in [6, 6.07) is 1.66. The number of carbonyl (C=O) groups excluding carboxylic acids is 2. The average molecular weight is 401 g/mol. The molecule has 4 atom stereocenters. The van der Waals surface area contributed by atoms with Crippen molar-refractivity contribution in [3.63, 3.8) is 0 Å². The molecule has 4 saturated carbocycles. The van der Waals surface area contributed by atoms with Crippen molar-refractivity contribution < 1.29 is 22.8 Å². The van der Waals surface area contributed by atoms with Gasteiger partial charge in [0.05, 0.1) is 17.6 Å². The van der Waals surface area contributed by atoms with Gasteiger partial charge in [-0.25, -0.2) is 13.2 Å². The van der Waals surface area contributed by atoms with Gasteiger partial charge in [0, 0.05) is 4.87 Å². The zero-order valence-electron chi connectivity index (χ0n) is 14.6. The highest BCUT2D eigenvalue weighted by atomic mass is 35.5. The van der Waals surface area contributed by atoms with Gasteiger partial charge < -0.3 is 10.6 Å². The number of hydrogen-bond acceptors (Lipinski definition) is 2. The van der Waals surface area contributed by atoms with Crippen molar-refractivity contribution in [2.24, 2.45) is 17.3 Å². The van der Waals surface area contributed by atoms with Crippen LogP contribution in [0.15, 0.2) is 12.1 Å². The summed E-state index contributed by atoms with van der Waals surface area (Å²) in [6.07, 6.45) is 5.16. The van der Waals surface area contributed by atoms with E-state index in [4.69, 9.17) is 11.6 Å². The summed E-state index contributed by atoms with van der Waals surface area (Å²) in [5, 5.41) is 4.78. The number of benzene rings is 1. The second kappa shape index (κ2) is 6.40. The molecule has 4 fully saturated rings. The first-order chi connectivity index (χ1) is 12.7. The zero-order chi connectivity index (χ0) is 19.4. The van der Waals surface area contributed by atoms with Gasteiger partial charge in [-0.15, -0.1) is 11.6 Å². The Morgan fingerprint density at radius 3 is 2.37 bits per heavy atom. The van der Waals surface area contributed by atoms with E-state index in [9.17, 15) is 22.8 Å². The van der Waals surface area contributed by atoms with Crippen LogP contribution in [0, 0.1) is 34.7 Å². The first-order valence-electron chi connectivity index (χ1n) is 9.10. The highest BCUT2D eigenvalue weighted by Gasteiger charge is 2.60. The van der Waals surface area contributed by atoms with Crippen molar-refractivity contribution >= 4 is 29.1 Å². The summed E-state index contributed by atoms with van der Waals surface area (Å²) in [4.78, 5) is 24.5. The number of amides is 2. The topological polar surface area (TPSA) is 58.2 Å². The summed E-state index contributed by atoms with van der Waals surface area (Å²) in [6.45, 7) is -0.371. The van der Waals surface area contributed by atoms with E-state index in [1.165, 1.54) is 0 Å². The van der Waals surface area contributed by atoms with E-state index in [-0.39, 0.29) is 17.3 Å². The Hall–Kier alpha value is -1.76. The van der Waals surface area contributed by atoms with Crippen LogP contribution in [-0.4, -0.2) is 23.2 Å². The fraction of sp³-hybridized carbons (Fsp3) is 0.579. The van der Waals surface area contributed by atoms with Crippen LogP contribution in [0.2, 0.25) is 0 Å². The summed E-state index contributed by atoms with van der Waals surface area (Å²) in [5.41, 5.74) is -1.01. The molecule has 2 amide bonds. The van der Waals surface area contributed by atoms with Gasteiger partial charge in [-0.05, 0) is 62.5 Å². The Morgan fingerprint density at radius 1 is 1.07 bits per heavy atom. The second-order valence-electron chi connectivity index (χ2n) is 8.35. The Morgan fingerprint density at radius 2 is 1.74 bits per heavy atom. The maximum absolute atomic E-state index is 13.6. The Labute approximate surface area is 159 Å². The van der Waals surface area contributed by atoms with E-state index in [1.54, 1.807) is 0 Å². The van der Waals surface area contributed by atoms with Crippen molar-refractivity contribution in [2.75, 3.05) is 11.9 Å². The van der Waals surface area contributed by atoms with E-state index in [0.29, 0.717) is 18.3 Å². The van der Waals surface area contributed by atoms with Crippen LogP contribution in [0.25, 0.3) is 0 Å². The van der Waals surface area contributed by atoms with Crippen molar-refractivity contribution in [1.29, 1.82) is 0 Å². The van der Waals surface area contributed by atoms with Crippen LogP contribution in [-0.2, 0) is 9.59 Å². The molecule has 0 aliphatic heterocycles. The third-order valence-corrected chi connectivity index (χ3v) is 6.63. The lowest BCUT2D eigenvalue weighted by Gasteiger charge is -2.59. The van der Waals surface area contributed by atoms with Crippen LogP contribution >= 0.6 is 11.6 Å². The predicted octanol–water partition coefficient (Wildman–Crippen LogP) is 3.74. The first-order valence-corrected chi connectivity index (χ1v) is 9.48. The Kier molecular flexibility index (Phi) is 4.41. The number of carbonyl (C=O) groups is 2. The second-order valence-corrected chi connectivity index (χ2v) is 9.15. The van der Waals surface area contributed by atoms with Gasteiger partial charge in [-0.3, -0.25) is 9.59 Å². The smallest absolute Gasteiger partial charge is 0.243 e. The van der Waals surface area contributed by atoms with E-state index in [2.05, 4.69) is 10.6 Å². The largest absolute Gasteiger partial charge is 0.347 e. The molecule has 2 unspecified atom stereocenters. The van der Waals surface area contributed by atoms with Crippen LogP contribution in [0.4, 0.5) is 18.9 Å². The van der Waals surface area contributed by atoms with Crippen LogP contribution < -0.4 is 10.6 Å². The van der Waals surface area contributed by atoms with Crippen LogP contribution in [0.3, 0.4) is 0 Å². The average Bonchev–Trinajstić information content (AvgIpc) is 2.58. The maximum atomic E-state index is 13.6. The number of alkyl halides is 1. The van der Waals surface area contributed by atoms with Gasteiger partial charge >= 0.3 is 0 Å². The van der Waals surface area contributed by atoms with Crippen molar-refractivity contribution in [2.45, 2.75) is 43.4 Å². The van der Waals surface area contributed by atoms with E-state index < -0.39 is 34.5 Å². The molecule has 5 rings (SSSR count). The molecule has 2 N–H and O–H groups in total. The van der Waals surface area contributed by atoms with Gasteiger partial charge in [0.1, 0.15) is 0 Å². The van der Waals surface area contributed by atoms with Crippen molar-refractivity contribution in [1.82, 2.24) is 5.32 Å². The lowest BCUT2D eigenvalue weighted by atomic mass is 9.49. The number of rotatable bonds is 4. The van der Waals surface area contributed by atoms with Gasteiger partial charge in [-0.2, -0.15) is 0 Å². The first kappa shape index (κ1) is 18.6. The van der Waals surface area contributed by atoms with E-state index in [1.807, 2.05) is 0 Å². The van der Waals surface area contributed by atoms with Gasteiger partial charge in [-0.1, -0.05) is 0 Å². The van der Waals surface area contributed by atoms with Gasteiger partial charge in [0.15, 0.2) is 17.5 Å². The minimum absolute atomic E-state index is 0.206.